The molecule has 1 nitrogen and oxygen atoms in total. The Morgan fingerprint density at radius 3 is 1.76 bits per heavy atom. The van der Waals surface area contributed by atoms with Crippen molar-refractivity contribution in [2.24, 2.45) is 0 Å². The van der Waals surface area contributed by atoms with Crippen LogP contribution in [0.5, 0.6) is 0 Å². The van der Waals surface area contributed by atoms with Gasteiger partial charge in [-0.25, -0.2) is 0 Å². The normalized spacial score (nSPS) is 16.6. The van der Waals surface area contributed by atoms with Crippen LogP contribution in [-0.2, 0) is 4.43 Å². The first-order valence-corrected chi connectivity index (χ1v) is 12.7. The van der Waals surface area contributed by atoms with Crippen LogP contribution in [0.15, 0.2) is 30.3 Å². The molecule has 1 aromatic carbocycles. The molecule has 0 amide bonds. The van der Waals surface area contributed by atoms with E-state index in [1.165, 1.54) is 5.19 Å². The number of rotatable bonds is 3. The van der Waals surface area contributed by atoms with Gasteiger partial charge >= 0.3 is 0 Å². The lowest BCUT2D eigenvalue weighted by molar-refractivity contribution is 0.384. The molecule has 0 N–H and O–H groups in total. The molecule has 0 saturated heterocycles. The monoisotopic (exact) mass is 266 g/mol. The fourth-order valence-corrected chi connectivity index (χ4v) is 16.5. The highest BCUT2D eigenvalue weighted by Gasteiger charge is 2.54. The van der Waals surface area contributed by atoms with Crippen LogP contribution in [0.3, 0.4) is 0 Å². The van der Waals surface area contributed by atoms with E-state index in [0.29, 0.717) is 0 Å². The van der Waals surface area contributed by atoms with Crippen molar-refractivity contribution in [2.45, 2.75) is 45.5 Å². The lowest BCUT2D eigenvalue weighted by atomic mass is 10.3. The van der Waals surface area contributed by atoms with Crippen molar-refractivity contribution in [3.05, 3.63) is 30.3 Å². The van der Waals surface area contributed by atoms with Crippen molar-refractivity contribution in [2.75, 3.05) is 7.11 Å². The van der Waals surface area contributed by atoms with Crippen LogP contribution in [0.1, 0.15) is 20.8 Å². The Morgan fingerprint density at radius 1 is 0.941 bits per heavy atom. The third-order valence-corrected chi connectivity index (χ3v) is 23.3. The average molecular weight is 267 g/mol. The van der Waals surface area contributed by atoms with E-state index in [4.69, 9.17) is 4.43 Å². The van der Waals surface area contributed by atoms with Gasteiger partial charge in [0, 0.05) is 7.11 Å². The molecule has 1 aromatic rings. The van der Waals surface area contributed by atoms with Crippen LogP contribution in [0, 0.1) is 0 Å². The lowest BCUT2D eigenvalue weighted by Crippen LogP contribution is -2.69. The van der Waals surface area contributed by atoms with Gasteiger partial charge in [-0.1, -0.05) is 69.4 Å². The van der Waals surface area contributed by atoms with Crippen LogP contribution in [-0.4, -0.2) is 22.5 Å². The molecule has 0 bridgehead atoms. The minimum absolute atomic E-state index is 0.271. The molecule has 0 fully saturated rings. The van der Waals surface area contributed by atoms with Crippen molar-refractivity contribution >= 4 is 20.6 Å². The predicted octanol–water partition coefficient (Wildman–Crippen LogP) is 3.70. The van der Waals surface area contributed by atoms with Gasteiger partial charge in [-0.05, 0) is 11.6 Å². The summed E-state index contributed by atoms with van der Waals surface area (Å²) in [6.07, 6.45) is 0. The molecule has 1 unspecified atom stereocenters. The molecule has 17 heavy (non-hydrogen) atoms. The summed E-state index contributed by atoms with van der Waals surface area (Å²) >= 11 is 0. The van der Waals surface area contributed by atoms with Gasteiger partial charge in [-0.3, -0.25) is 0 Å². The third-order valence-electron chi connectivity index (χ3n) is 4.53. The second kappa shape index (κ2) is 4.71. The van der Waals surface area contributed by atoms with Crippen molar-refractivity contribution in [1.82, 2.24) is 0 Å². The Bertz CT molecular complexity index is 368. The second-order valence-electron chi connectivity index (χ2n) is 6.48. The first kappa shape index (κ1) is 14.7. The number of hydrogen-bond acceptors (Lipinski definition) is 1. The van der Waals surface area contributed by atoms with E-state index in [1.54, 1.807) is 0 Å². The Balaban J connectivity index is 3.29. The SMILES string of the molecule is CO[Si](C)(C(C)(C)C)[Si](C)(C)c1ccccc1. The highest BCUT2D eigenvalue weighted by molar-refractivity contribution is 7.44. The molecule has 1 atom stereocenters. The summed E-state index contributed by atoms with van der Waals surface area (Å²) in [6.45, 7) is 14.3. The first-order chi connectivity index (χ1) is 7.67. The molecular formula is C14H26OSi2. The topological polar surface area (TPSA) is 9.23 Å². The van der Waals surface area contributed by atoms with Gasteiger partial charge in [0.25, 0.3) is 0 Å². The van der Waals surface area contributed by atoms with Crippen LogP contribution < -0.4 is 5.19 Å². The highest BCUT2D eigenvalue weighted by Crippen LogP contribution is 2.41. The van der Waals surface area contributed by atoms with Crippen LogP contribution >= 0.6 is 0 Å². The van der Waals surface area contributed by atoms with Crippen LogP contribution in [0.2, 0.25) is 24.7 Å². The van der Waals surface area contributed by atoms with E-state index in [0.717, 1.165) is 0 Å². The molecule has 0 radical (unpaired) electrons. The molecule has 0 saturated carbocycles. The van der Waals surface area contributed by atoms with E-state index in [1.807, 2.05) is 7.11 Å². The fraction of sp³-hybridized carbons (Fsp3) is 0.571. The van der Waals surface area contributed by atoms with Crippen molar-refractivity contribution in [3.8, 4) is 0 Å². The summed E-state index contributed by atoms with van der Waals surface area (Å²) < 4.78 is 6.12. The zero-order chi connectivity index (χ0) is 13.3. The van der Waals surface area contributed by atoms with Crippen LogP contribution in [0.25, 0.3) is 0 Å². The third kappa shape index (κ3) is 2.42. The summed E-state index contributed by atoms with van der Waals surface area (Å²) in [7, 11) is -1.39. The van der Waals surface area contributed by atoms with Gasteiger partial charge in [0.15, 0.2) is 7.83 Å². The molecule has 0 spiro atoms. The maximum Gasteiger partial charge on any atom is 0.186 e. The summed E-state index contributed by atoms with van der Waals surface area (Å²) in [5.74, 6) is 0. The predicted molar refractivity (Wildman–Crippen MR) is 81.9 cm³/mol. The van der Waals surface area contributed by atoms with Gasteiger partial charge in [-0.15, -0.1) is 0 Å². The van der Waals surface area contributed by atoms with E-state index in [2.05, 4.69) is 70.7 Å². The smallest absolute Gasteiger partial charge is 0.186 e. The Labute approximate surface area is 108 Å². The molecule has 0 heterocycles. The van der Waals surface area contributed by atoms with Gasteiger partial charge in [0.1, 0.15) is 7.59 Å². The Kier molecular flexibility index (Phi) is 4.06. The average Bonchev–Trinajstić information content (AvgIpc) is 2.27. The molecular weight excluding hydrogens is 240 g/mol. The standard InChI is InChI=1S/C14H26OSi2/c1-14(2,3)17(7,15-4)16(5,6)13-11-9-8-10-12-13/h8-12H,1-7H3. The zero-order valence-corrected chi connectivity index (χ0v) is 14.3. The summed E-state index contributed by atoms with van der Waals surface area (Å²) in [5.41, 5.74) is 0. The maximum absolute atomic E-state index is 6.12. The lowest BCUT2D eigenvalue weighted by Gasteiger charge is -2.48. The first-order valence-electron chi connectivity index (χ1n) is 6.27. The number of benzene rings is 1. The van der Waals surface area contributed by atoms with Crippen molar-refractivity contribution < 1.29 is 4.43 Å². The summed E-state index contributed by atoms with van der Waals surface area (Å²) in [6, 6.07) is 11.0. The van der Waals surface area contributed by atoms with Gasteiger partial charge in [0.05, 0.1) is 0 Å². The van der Waals surface area contributed by atoms with E-state index in [9.17, 15) is 0 Å². The minimum atomic E-state index is -1.75. The second-order valence-corrected chi connectivity index (χ2v) is 20.9. The van der Waals surface area contributed by atoms with Gasteiger partial charge in [-0.2, -0.15) is 0 Å². The number of hydrogen-bond donors (Lipinski definition) is 0. The fourth-order valence-electron chi connectivity index (χ4n) is 2.63. The van der Waals surface area contributed by atoms with Gasteiger partial charge < -0.3 is 4.43 Å². The Hall–Kier alpha value is -0.386. The largest absolute Gasteiger partial charge is 0.422 e. The zero-order valence-electron chi connectivity index (χ0n) is 12.3. The van der Waals surface area contributed by atoms with Crippen molar-refractivity contribution in [1.29, 1.82) is 0 Å². The van der Waals surface area contributed by atoms with E-state index >= 15 is 0 Å². The highest BCUT2D eigenvalue weighted by atomic mass is 29.3. The van der Waals surface area contributed by atoms with E-state index in [-0.39, 0.29) is 5.04 Å². The maximum atomic E-state index is 6.12. The molecule has 96 valence electrons. The molecule has 3 heteroatoms. The molecule has 1 rings (SSSR count). The minimum Gasteiger partial charge on any atom is -0.422 e. The molecule has 0 aliphatic carbocycles. The molecule has 0 aromatic heterocycles. The quantitative estimate of drug-likeness (QED) is 0.758. The van der Waals surface area contributed by atoms with Gasteiger partial charge in [0.2, 0.25) is 0 Å². The van der Waals surface area contributed by atoms with Crippen LogP contribution in [0.4, 0.5) is 0 Å². The summed E-state index contributed by atoms with van der Waals surface area (Å²) in [5, 5.41) is 1.79. The van der Waals surface area contributed by atoms with Crippen molar-refractivity contribution in [3.63, 3.8) is 0 Å². The molecule has 0 aliphatic rings. The summed E-state index contributed by atoms with van der Waals surface area (Å²) in [4.78, 5) is 0. The molecule has 0 aliphatic heterocycles. The van der Waals surface area contributed by atoms with E-state index < -0.39 is 15.4 Å². The Morgan fingerprint density at radius 2 is 1.41 bits per heavy atom.